The molecule has 5 heterocycles. The molecule has 77 heavy (non-hydrogen) atoms. The van der Waals surface area contributed by atoms with Crippen molar-refractivity contribution in [3.05, 3.63) is 106 Å². The zero-order valence-electron chi connectivity index (χ0n) is 44.7. The predicted molar refractivity (Wildman–Crippen MR) is 294 cm³/mol. The lowest BCUT2D eigenvalue weighted by Gasteiger charge is -2.43. The number of aromatic nitrogens is 2. The van der Waals surface area contributed by atoms with Crippen LogP contribution in [0.1, 0.15) is 70.7 Å². The highest BCUT2D eigenvalue weighted by Gasteiger charge is 2.40. The Morgan fingerprint density at radius 2 is 1.45 bits per heavy atom. The van der Waals surface area contributed by atoms with Crippen LogP contribution in [0.2, 0.25) is 5.02 Å². The van der Waals surface area contributed by atoms with Gasteiger partial charge in [-0.1, -0.05) is 48.0 Å². The monoisotopic (exact) mass is 1100 g/mol. The largest absolute Gasteiger partial charge is 0.496 e. The van der Waals surface area contributed by atoms with Crippen LogP contribution >= 0.6 is 18.7 Å². The molecule has 0 radical (unpaired) electrons. The molecule has 19 nitrogen and oxygen atoms in total. The molecule has 1 aromatic heterocycles. The number of hydrogen-bond acceptors (Lipinski definition) is 16. The Labute approximate surface area is 456 Å². The lowest BCUT2D eigenvalue weighted by Crippen LogP contribution is -2.54. The summed E-state index contributed by atoms with van der Waals surface area (Å²) in [6.07, 6.45) is 5.59. The lowest BCUT2D eigenvalue weighted by molar-refractivity contribution is -0.137. The molecule has 8 rings (SSSR count). The number of imide groups is 1. The Hall–Kier alpha value is -5.50. The van der Waals surface area contributed by atoms with Crippen molar-refractivity contribution in [2.75, 3.05) is 143 Å². The molecule has 1 unspecified atom stereocenters. The number of anilines is 2. The molecule has 4 aliphatic heterocycles. The van der Waals surface area contributed by atoms with Gasteiger partial charge in [0.15, 0.2) is 0 Å². The number of halogens is 1. The minimum absolute atomic E-state index is 0.125. The summed E-state index contributed by atoms with van der Waals surface area (Å²) in [6.45, 7) is 13.7. The van der Waals surface area contributed by atoms with E-state index < -0.39 is 19.1 Å². The molecule has 3 saturated heterocycles. The second-order valence-electron chi connectivity index (χ2n) is 20.0. The van der Waals surface area contributed by atoms with Gasteiger partial charge in [-0.2, -0.15) is 0 Å². The van der Waals surface area contributed by atoms with Crippen LogP contribution in [-0.2, 0) is 62.0 Å². The summed E-state index contributed by atoms with van der Waals surface area (Å²) in [7, 11) is -0.789. The topological polar surface area (TPSA) is 204 Å². The minimum atomic E-state index is -2.48. The van der Waals surface area contributed by atoms with Gasteiger partial charge in [-0.3, -0.25) is 29.4 Å². The maximum Gasteiger partial charge on any atom is 0.255 e. The number of methoxy groups -OCH3 is 1. The van der Waals surface area contributed by atoms with E-state index in [1.807, 2.05) is 41.3 Å². The van der Waals surface area contributed by atoms with Crippen molar-refractivity contribution in [2.24, 2.45) is 0 Å². The zero-order valence-corrected chi connectivity index (χ0v) is 46.3. The fraction of sp³-hybridized carbons (Fsp3) is 0.536. The van der Waals surface area contributed by atoms with E-state index in [1.165, 1.54) is 0 Å². The average Bonchev–Trinajstić information content (AvgIpc) is 3.78. The normalized spacial score (nSPS) is 17.5. The number of piperidine rings is 2. The first-order chi connectivity index (χ1) is 37.4. The van der Waals surface area contributed by atoms with Gasteiger partial charge in [0.2, 0.25) is 17.7 Å². The van der Waals surface area contributed by atoms with E-state index in [9.17, 15) is 23.7 Å². The molecule has 2 N–H and O–H groups in total. The lowest BCUT2D eigenvalue weighted by atomic mass is 10.0. The Morgan fingerprint density at radius 3 is 2.13 bits per heavy atom. The smallest absolute Gasteiger partial charge is 0.255 e. The number of carbonyl (C=O) groups is 4. The number of nitrogens with zero attached hydrogens (tertiary/aromatic N) is 6. The second kappa shape index (κ2) is 28.4. The van der Waals surface area contributed by atoms with Gasteiger partial charge >= 0.3 is 0 Å². The minimum Gasteiger partial charge on any atom is -0.496 e. The van der Waals surface area contributed by atoms with Gasteiger partial charge in [-0.15, -0.1) is 0 Å². The number of fused-ring (bicyclic) bond motifs is 1. The van der Waals surface area contributed by atoms with Crippen molar-refractivity contribution in [3.8, 4) is 5.75 Å². The average molecular weight is 1100 g/mol. The molecule has 4 aliphatic rings. The number of carbonyl (C=O) groups excluding carboxylic acids is 4. The molecule has 21 heteroatoms. The summed E-state index contributed by atoms with van der Waals surface area (Å²) in [6, 6.07) is 19.4. The summed E-state index contributed by atoms with van der Waals surface area (Å²) >= 11 is 6.58. The predicted octanol–water partition coefficient (Wildman–Crippen LogP) is 5.03. The van der Waals surface area contributed by atoms with Crippen LogP contribution in [0, 0.1) is 0 Å². The van der Waals surface area contributed by atoms with E-state index >= 15 is 0 Å². The van der Waals surface area contributed by atoms with Crippen molar-refractivity contribution in [2.45, 2.75) is 63.6 Å². The summed E-state index contributed by atoms with van der Waals surface area (Å²) in [5.41, 5.74) is 5.99. The van der Waals surface area contributed by atoms with Crippen LogP contribution in [0.5, 0.6) is 5.75 Å². The highest BCUT2D eigenvalue weighted by Crippen LogP contribution is 2.37. The summed E-state index contributed by atoms with van der Waals surface area (Å²) in [5, 5.41) is 7.00. The maximum absolute atomic E-state index is 13.0. The Balaban J connectivity index is 0.615. The first-order valence-corrected chi connectivity index (χ1v) is 29.8. The van der Waals surface area contributed by atoms with Crippen molar-refractivity contribution in [1.29, 1.82) is 0 Å². The van der Waals surface area contributed by atoms with Gasteiger partial charge < -0.3 is 53.0 Å². The van der Waals surface area contributed by atoms with E-state index in [-0.39, 0.29) is 24.1 Å². The van der Waals surface area contributed by atoms with Gasteiger partial charge in [0, 0.05) is 123 Å². The van der Waals surface area contributed by atoms with Crippen LogP contribution < -0.4 is 25.6 Å². The van der Waals surface area contributed by atoms with Crippen LogP contribution in [0.4, 0.5) is 11.4 Å². The van der Waals surface area contributed by atoms with Crippen LogP contribution in [0.3, 0.4) is 0 Å². The highest BCUT2D eigenvalue weighted by molar-refractivity contribution is 7.70. The Morgan fingerprint density at radius 1 is 0.779 bits per heavy atom. The van der Waals surface area contributed by atoms with E-state index in [0.717, 1.165) is 91.2 Å². The first kappa shape index (κ1) is 57.7. The summed E-state index contributed by atoms with van der Waals surface area (Å²) in [4.78, 5) is 67.9. The molecule has 0 saturated carbocycles. The van der Waals surface area contributed by atoms with E-state index in [4.69, 9.17) is 45.0 Å². The molecule has 0 aliphatic carbocycles. The third-order valence-corrected chi connectivity index (χ3v) is 16.4. The molecule has 3 aromatic carbocycles. The van der Waals surface area contributed by atoms with Crippen molar-refractivity contribution in [3.63, 3.8) is 0 Å². The number of amides is 4. The number of piperazine rings is 1. The van der Waals surface area contributed by atoms with Gasteiger partial charge in [-0.05, 0) is 56.4 Å². The zero-order chi connectivity index (χ0) is 54.2. The van der Waals surface area contributed by atoms with Crippen LogP contribution in [-0.4, -0.2) is 193 Å². The fourth-order valence-electron chi connectivity index (χ4n) is 10.4. The van der Waals surface area contributed by atoms with Crippen molar-refractivity contribution < 1.29 is 52.2 Å². The number of ether oxygens (including phenoxy) is 6. The van der Waals surface area contributed by atoms with Crippen LogP contribution in [0.25, 0.3) is 0 Å². The molecule has 1 atom stereocenters. The molecule has 3 fully saturated rings. The van der Waals surface area contributed by atoms with E-state index in [1.54, 1.807) is 37.6 Å². The highest BCUT2D eigenvalue weighted by atomic mass is 35.5. The SMILES string of the molecule is COc1cc(N2CCC(N3CCN(C(=O)CCOCCOCCOCCOCCOCCNc4cccc5c4CN(C4CCC(=O)NC4=O)C5=O)CC3)CC2)ccc1Cc1ncc(Cl)c(Cc2ccccc2P(C)(C)=O)n1. The second-order valence-corrected chi connectivity index (χ2v) is 23.6. The number of hydrogen-bond donors (Lipinski definition) is 2. The summed E-state index contributed by atoms with van der Waals surface area (Å²) < 4.78 is 47.1. The van der Waals surface area contributed by atoms with Crippen LogP contribution in [0.15, 0.2) is 66.9 Å². The number of benzene rings is 3. The fourth-order valence-corrected chi connectivity index (χ4v) is 11.8. The molecule has 416 valence electrons. The van der Waals surface area contributed by atoms with Crippen molar-refractivity contribution >= 4 is 59.1 Å². The number of nitrogens with one attached hydrogen (secondary N) is 2. The maximum atomic E-state index is 13.0. The van der Waals surface area contributed by atoms with E-state index in [0.29, 0.717) is 133 Å². The summed E-state index contributed by atoms with van der Waals surface area (Å²) in [5.74, 6) is 0.620. The van der Waals surface area contributed by atoms with Gasteiger partial charge in [0.25, 0.3) is 5.91 Å². The number of rotatable bonds is 28. The third kappa shape index (κ3) is 16.1. The van der Waals surface area contributed by atoms with Gasteiger partial charge in [-0.25, -0.2) is 9.97 Å². The van der Waals surface area contributed by atoms with Gasteiger partial charge in [0.05, 0.1) is 90.3 Å². The molecule has 4 amide bonds. The molecule has 0 spiro atoms. The Bertz CT molecular complexity index is 2700. The van der Waals surface area contributed by atoms with Gasteiger partial charge in [0.1, 0.15) is 24.8 Å². The standard InChI is InChI=1S/C56H74ClN8O11P/c1-71-50-37-43(12-11-40(50)36-52-59-38-46(57)48(60-52)35-41-7-4-5-10-51(41)77(2,3)70)62-19-15-42(16-20-62)63-21-23-64(24-22-63)54(67)17-25-72-27-29-74-31-33-76-34-32-75-30-28-73-26-18-58-47-9-6-8-44-45(47)39-65(56(44)69)49-13-14-53(66)61-55(49)68/h4-12,37-38,42,49,58H,13-36,39H2,1-3H3,(H,61,66,68). The molecular weight excluding hydrogens is 1030 g/mol. The quantitative estimate of drug-likeness (QED) is 0.0435. The molecule has 4 aromatic rings. The van der Waals surface area contributed by atoms with E-state index in [2.05, 4.69) is 43.6 Å². The molecule has 0 bridgehead atoms. The third-order valence-electron chi connectivity index (χ3n) is 14.5. The Kier molecular flexibility index (Phi) is 21.3. The molecular formula is C56H74ClN8O11P. The first-order valence-electron chi connectivity index (χ1n) is 26.8. The van der Waals surface area contributed by atoms with Crippen molar-refractivity contribution in [1.82, 2.24) is 30.0 Å².